The van der Waals surface area contributed by atoms with Crippen LogP contribution in [-0.4, -0.2) is 53.7 Å². The molecule has 2 heterocycles. The molecule has 1 unspecified atom stereocenters. The lowest BCUT2D eigenvalue weighted by Crippen LogP contribution is -2.24. The Labute approximate surface area is 206 Å². The number of benzene rings is 2. The number of ether oxygens (including phenoxy) is 2. The maximum Gasteiger partial charge on any atom is 0.257 e. The Kier molecular flexibility index (Phi) is 7.64. The van der Waals surface area contributed by atoms with Gasteiger partial charge in [0.15, 0.2) is 11.5 Å². The third kappa shape index (κ3) is 6.17. The minimum absolute atomic E-state index is 0.311. The van der Waals surface area contributed by atoms with Crippen LogP contribution in [0, 0.1) is 5.82 Å². The van der Waals surface area contributed by atoms with Crippen molar-refractivity contribution in [1.82, 2.24) is 20.1 Å². The average molecular weight is 494 g/mol. The zero-order chi connectivity index (χ0) is 24.8. The molecule has 2 aromatic carbocycles. The highest BCUT2D eigenvalue weighted by molar-refractivity contribution is 7.18. The Morgan fingerprint density at radius 1 is 1.06 bits per heavy atom. The highest BCUT2D eigenvalue weighted by atomic mass is 32.1. The predicted octanol–water partition coefficient (Wildman–Crippen LogP) is 4.68. The Morgan fingerprint density at radius 2 is 1.80 bits per heavy atom. The molecule has 35 heavy (non-hydrogen) atoms. The Bertz CT molecular complexity index is 1280. The maximum atomic E-state index is 13.4. The highest BCUT2D eigenvalue weighted by Crippen LogP contribution is 2.33. The second-order valence-corrected chi connectivity index (χ2v) is 8.87. The van der Waals surface area contributed by atoms with E-state index in [1.165, 1.54) is 30.6 Å². The first-order valence-electron chi connectivity index (χ1n) is 10.7. The van der Waals surface area contributed by atoms with Gasteiger partial charge in [-0.15, -0.1) is 10.2 Å². The first-order valence-corrected chi connectivity index (χ1v) is 11.5. The van der Waals surface area contributed by atoms with Gasteiger partial charge in [0.1, 0.15) is 16.9 Å². The molecule has 0 aliphatic heterocycles. The first-order chi connectivity index (χ1) is 16.9. The third-order valence-electron chi connectivity index (χ3n) is 5.04. The number of nitrogens with zero attached hydrogens (tertiary/aromatic N) is 4. The quantitative estimate of drug-likeness (QED) is 0.362. The van der Waals surface area contributed by atoms with Gasteiger partial charge in [-0.2, -0.15) is 0 Å². The number of hydrogen-bond donors (Lipinski definition) is 1. The van der Waals surface area contributed by atoms with E-state index in [9.17, 15) is 9.18 Å². The van der Waals surface area contributed by atoms with E-state index in [-0.39, 0.29) is 17.8 Å². The molecule has 10 heteroatoms. The molecule has 0 saturated carbocycles. The van der Waals surface area contributed by atoms with Gasteiger partial charge in [0, 0.05) is 30.1 Å². The predicted molar refractivity (Wildman–Crippen MR) is 132 cm³/mol. The average Bonchev–Trinajstić information content (AvgIpc) is 3.33. The summed E-state index contributed by atoms with van der Waals surface area (Å²) in [7, 11) is 5.37. The number of amides is 1. The lowest BCUT2D eigenvalue weighted by atomic mass is 10.1. The molecule has 0 aliphatic carbocycles. The first kappa shape index (κ1) is 24.2. The molecule has 4 rings (SSSR count). The number of likely N-dealkylation sites (N-methyl/N-ethyl adjacent to an activating group) is 1. The van der Waals surface area contributed by atoms with Crippen LogP contribution < -0.4 is 14.8 Å². The molecular weight excluding hydrogens is 469 g/mol. The second kappa shape index (κ2) is 11.0. The molecule has 180 valence electrons. The van der Waals surface area contributed by atoms with Gasteiger partial charge in [0.25, 0.3) is 5.91 Å². The zero-order valence-corrected chi connectivity index (χ0v) is 20.3. The number of carbonyl (C=O) groups excluding carboxylic acids is 1. The van der Waals surface area contributed by atoms with E-state index >= 15 is 0 Å². The summed E-state index contributed by atoms with van der Waals surface area (Å²) in [5.74, 6) is 0.207. The fourth-order valence-corrected chi connectivity index (χ4v) is 4.08. The number of anilines is 1. The van der Waals surface area contributed by atoms with Crippen LogP contribution in [-0.2, 0) is 0 Å². The summed E-state index contributed by atoms with van der Waals surface area (Å²) in [6.45, 7) is 0.563. The molecule has 1 N–H and O–H groups in total. The molecule has 4 aromatic rings. The van der Waals surface area contributed by atoms with Crippen molar-refractivity contribution in [2.45, 2.75) is 6.10 Å². The molecule has 0 saturated heterocycles. The fourth-order valence-electron chi connectivity index (χ4n) is 3.33. The van der Waals surface area contributed by atoms with Crippen molar-refractivity contribution in [2.24, 2.45) is 0 Å². The number of carbonyl (C=O) groups is 1. The van der Waals surface area contributed by atoms with Gasteiger partial charge in [0.05, 0.1) is 7.11 Å². The number of methoxy groups -OCH3 is 1. The number of nitrogens with one attached hydrogen (secondary N) is 1. The second-order valence-electron chi connectivity index (χ2n) is 7.89. The van der Waals surface area contributed by atoms with E-state index in [0.717, 1.165) is 11.1 Å². The van der Waals surface area contributed by atoms with E-state index in [1.54, 1.807) is 42.7 Å². The molecule has 0 aliphatic rings. The van der Waals surface area contributed by atoms with E-state index in [0.29, 0.717) is 33.7 Å². The van der Waals surface area contributed by atoms with Crippen molar-refractivity contribution in [2.75, 3.05) is 33.1 Å². The Hall–Kier alpha value is -3.89. The summed E-state index contributed by atoms with van der Waals surface area (Å²) in [5, 5.41) is 12.0. The van der Waals surface area contributed by atoms with Crippen molar-refractivity contribution in [1.29, 1.82) is 0 Å². The van der Waals surface area contributed by atoms with Crippen molar-refractivity contribution < 1.29 is 18.7 Å². The van der Waals surface area contributed by atoms with Gasteiger partial charge in [-0.1, -0.05) is 23.5 Å². The van der Waals surface area contributed by atoms with Crippen LogP contribution in [0.1, 0.15) is 22.0 Å². The van der Waals surface area contributed by atoms with Crippen LogP contribution in [0.25, 0.3) is 10.6 Å². The lowest BCUT2D eigenvalue weighted by Gasteiger charge is -2.24. The number of halogens is 1. The molecule has 1 amide bonds. The maximum absolute atomic E-state index is 13.4. The molecule has 0 radical (unpaired) electrons. The number of rotatable bonds is 9. The molecule has 0 spiro atoms. The molecule has 0 bridgehead atoms. The van der Waals surface area contributed by atoms with Crippen molar-refractivity contribution in [3.05, 3.63) is 83.9 Å². The number of aromatic nitrogens is 3. The molecular formula is C25H24FN5O3S. The van der Waals surface area contributed by atoms with Crippen LogP contribution in [0.5, 0.6) is 11.5 Å². The molecule has 2 aromatic heterocycles. The largest absolute Gasteiger partial charge is 0.493 e. The van der Waals surface area contributed by atoms with Gasteiger partial charge < -0.3 is 14.4 Å². The van der Waals surface area contributed by atoms with Gasteiger partial charge in [-0.05, 0) is 62.1 Å². The van der Waals surface area contributed by atoms with Gasteiger partial charge in [-0.25, -0.2) is 4.39 Å². The van der Waals surface area contributed by atoms with Gasteiger partial charge in [0.2, 0.25) is 5.13 Å². The van der Waals surface area contributed by atoms with Crippen molar-refractivity contribution in [3.8, 4) is 22.1 Å². The van der Waals surface area contributed by atoms with Crippen molar-refractivity contribution >= 4 is 22.4 Å². The molecule has 8 nitrogen and oxygen atoms in total. The van der Waals surface area contributed by atoms with Crippen LogP contribution >= 0.6 is 11.3 Å². The topological polar surface area (TPSA) is 89.5 Å². The van der Waals surface area contributed by atoms with Crippen LogP contribution in [0.2, 0.25) is 0 Å². The highest BCUT2D eigenvalue weighted by Gasteiger charge is 2.19. The monoisotopic (exact) mass is 493 g/mol. The van der Waals surface area contributed by atoms with E-state index in [4.69, 9.17) is 9.47 Å². The van der Waals surface area contributed by atoms with Crippen LogP contribution in [0.4, 0.5) is 9.52 Å². The minimum atomic E-state index is -0.368. The lowest BCUT2D eigenvalue weighted by molar-refractivity contribution is 0.102. The Balaban J connectivity index is 1.50. The van der Waals surface area contributed by atoms with E-state index in [2.05, 4.69) is 20.5 Å². The SMILES string of the molecule is COc1cc(C(=O)Nc2nnc(-c3ccncc3)s2)ccc1OC(CN(C)C)c1ccc(F)cc1. The molecule has 1 atom stereocenters. The summed E-state index contributed by atoms with van der Waals surface area (Å²) in [6, 6.07) is 14.8. The fraction of sp³-hybridized carbons (Fsp3) is 0.200. The summed E-state index contributed by atoms with van der Waals surface area (Å²) < 4.78 is 25.1. The molecule has 0 fully saturated rings. The van der Waals surface area contributed by atoms with Gasteiger partial charge >= 0.3 is 0 Å². The summed E-state index contributed by atoms with van der Waals surface area (Å²) in [6.07, 6.45) is 2.97. The zero-order valence-electron chi connectivity index (χ0n) is 19.4. The third-order valence-corrected chi connectivity index (χ3v) is 5.93. The van der Waals surface area contributed by atoms with Crippen LogP contribution in [0.3, 0.4) is 0 Å². The summed E-state index contributed by atoms with van der Waals surface area (Å²) in [5.41, 5.74) is 2.07. The van der Waals surface area contributed by atoms with E-state index < -0.39 is 0 Å². The van der Waals surface area contributed by atoms with Crippen molar-refractivity contribution in [3.63, 3.8) is 0 Å². The van der Waals surface area contributed by atoms with Gasteiger partial charge in [-0.3, -0.25) is 15.1 Å². The summed E-state index contributed by atoms with van der Waals surface area (Å²) in [4.78, 5) is 18.8. The smallest absolute Gasteiger partial charge is 0.257 e. The summed E-state index contributed by atoms with van der Waals surface area (Å²) >= 11 is 1.27. The number of hydrogen-bond acceptors (Lipinski definition) is 8. The normalized spacial score (nSPS) is 11.8. The minimum Gasteiger partial charge on any atom is -0.493 e. The standard InChI is InChI=1S/C25H24FN5O3S/c1-31(2)15-22(16-4-7-19(26)8-5-16)34-20-9-6-18(14-21(20)33-3)23(32)28-25-30-29-24(35-25)17-10-12-27-13-11-17/h4-14,22H,15H2,1-3H3,(H,28,30,32). The number of pyridine rings is 1. The van der Waals surface area contributed by atoms with Crippen LogP contribution in [0.15, 0.2) is 67.0 Å². The Morgan fingerprint density at radius 3 is 2.49 bits per heavy atom. The van der Waals surface area contributed by atoms with E-state index in [1.807, 2.05) is 31.1 Å².